The molecule has 0 radical (unpaired) electrons. The summed E-state index contributed by atoms with van der Waals surface area (Å²) in [4.78, 5) is 10.7. The summed E-state index contributed by atoms with van der Waals surface area (Å²) in [5.74, 6) is -1.02. The van der Waals surface area contributed by atoms with Gasteiger partial charge >= 0.3 is 16.4 Å². The highest BCUT2D eigenvalue weighted by Gasteiger charge is 2.16. The van der Waals surface area contributed by atoms with Crippen LogP contribution in [-0.4, -0.2) is 27.5 Å². The quantitative estimate of drug-likeness (QED) is 0.494. The number of carbonyl (C=O) groups excluding carboxylic acids is 1. The lowest BCUT2D eigenvalue weighted by atomic mass is 10.1. The van der Waals surface area contributed by atoms with E-state index in [4.69, 9.17) is 5.73 Å². The van der Waals surface area contributed by atoms with Crippen LogP contribution in [0.4, 0.5) is 0 Å². The van der Waals surface area contributed by atoms with Crippen molar-refractivity contribution in [2.24, 2.45) is 5.73 Å². The Kier molecular flexibility index (Phi) is 12.6. The molecule has 0 aromatic carbocycles. The summed E-state index contributed by atoms with van der Waals surface area (Å²) < 4.78 is 30.9. The first kappa shape index (κ1) is 20.3. The van der Waals surface area contributed by atoms with Gasteiger partial charge in [0.25, 0.3) is 0 Å². The average Bonchev–Trinajstić information content (AvgIpc) is 2.44. The molecule has 0 atom stereocenters. The largest absolute Gasteiger partial charge is 0.451 e. The van der Waals surface area contributed by atoms with Crippen LogP contribution >= 0.6 is 0 Å². The standard InChI is InChI=1S/C14H29NO5S/c1-2-3-4-5-6-7-8-9-10-11-12-19-21(17,18)20-14(16)13-15/h2-13,15H2,1H3. The molecule has 0 aliphatic heterocycles. The van der Waals surface area contributed by atoms with Gasteiger partial charge in [0.05, 0.1) is 13.2 Å². The van der Waals surface area contributed by atoms with Crippen molar-refractivity contribution in [3.63, 3.8) is 0 Å². The first-order valence-electron chi connectivity index (χ1n) is 7.83. The van der Waals surface area contributed by atoms with Crippen LogP contribution in [0.15, 0.2) is 0 Å². The molecule has 126 valence electrons. The Bertz CT molecular complexity index is 356. The molecule has 0 saturated heterocycles. The number of unbranched alkanes of at least 4 members (excludes halogenated alkanes) is 9. The van der Waals surface area contributed by atoms with Gasteiger partial charge in [-0.3, -0.25) is 0 Å². The summed E-state index contributed by atoms with van der Waals surface area (Å²) >= 11 is 0. The summed E-state index contributed by atoms with van der Waals surface area (Å²) in [6.07, 6.45) is 11.5. The fraction of sp³-hybridized carbons (Fsp3) is 0.929. The second-order valence-electron chi connectivity index (χ2n) is 5.07. The molecular weight excluding hydrogens is 294 g/mol. The first-order valence-corrected chi connectivity index (χ1v) is 9.17. The van der Waals surface area contributed by atoms with E-state index < -0.39 is 22.9 Å². The summed E-state index contributed by atoms with van der Waals surface area (Å²) in [5, 5.41) is 0. The molecule has 0 unspecified atom stereocenters. The van der Waals surface area contributed by atoms with Gasteiger partial charge in [-0.15, -0.1) is 0 Å². The van der Waals surface area contributed by atoms with Crippen molar-refractivity contribution in [2.75, 3.05) is 13.2 Å². The van der Waals surface area contributed by atoms with Crippen molar-refractivity contribution in [1.29, 1.82) is 0 Å². The molecule has 7 heteroatoms. The van der Waals surface area contributed by atoms with Crippen LogP contribution in [0, 0.1) is 0 Å². The Hall–Kier alpha value is -0.660. The summed E-state index contributed by atoms with van der Waals surface area (Å²) in [6, 6.07) is 0. The van der Waals surface area contributed by atoms with E-state index in [1.165, 1.54) is 44.9 Å². The smallest absolute Gasteiger partial charge is 0.323 e. The molecule has 0 aliphatic carbocycles. The van der Waals surface area contributed by atoms with Gasteiger partial charge in [-0.1, -0.05) is 64.7 Å². The minimum atomic E-state index is -4.23. The highest BCUT2D eigenvalue weighted by atomic mass is 32.3. The molecule has 0 heterocycles. The predicted molar refractivity (Wildman–Crippen MR) is 81.9 cm³/mol. The molecule has 0 aliphatic rings. The molecule has 0 aromatic heterocycles. The fourth-order valence-electron chi connectivity index (χ4n) is 1.92. The van der Waals surface area contributed by atoms with Gasteiger partial charge in [-0.05, 0) is 6.42 Å². The minimum Gasteiger partial charge on any atom is -0.323 e. The molecule has 6 nitrogen and oxygen atoms in total. The van der Waals surface area contributed by atoms with Crippen molar-refractivity contribution in [2.45, 2.75) is 71.1 Å². The van der Waals surface area contributed by atoms with E-state index in [1.807, 2.05) is 0 Å². The number of rotatable bonds is 14. The molecular formula is C14H29NO5S. The van der Waals surface area contributed by atoms with Crippen LogP contribution in [0.5, 0.6) is 0 Å². The second kappa shape index (κ2) is 13.0. The molecule has 0 bridgehead atoms. The van der Waals surface area contributed by atoms with Gasteiger partial charge in [0.15, 0.2) is 0 Å². The Balaban J connectivity index is 3.38. The van der Waals surface area contributed by atoms with Crippen LogP contribution in [0.2, 0.25) is 0 Å². The molecule has 0 spiro atoms. The third-order valence-corrected chi connectivity index (χ3v) is 3.93. The van der Waals surface area contributed by atoms with Crippen molar-refractivity contribution >= 4 is 16.4 Å². The van der Waals surface area contributed by atoms with Crippen LogP contribution in [0.3, 0.4) is 0 Å². The van der Waals surface area contributed by atoms with Crippen molar-refractivity contribution in [1.82, 2.24) is 0 Å². The Labute approximate surface area is 128 Å². The molecule has 0 aromatic rings. The monoisotopic (exact) mass is 323 g/mol. The van der Waals surface area contributed by atoms with E-state index >= 15 is 0 Å². The lowest BCUT2D eigenvalue weighted by Gasteiger charge is -2.05. The number of hydrogen-bond acceptors (Lipinski definition) is 6. The van der Waals surface area contributed by atoms with Crippen LogP contribution in [0.1, 0.15) is 71.1 Å². The average molecular weight is 323 g/mol. The highest BCUT2D eigenvalue weighted by molar-refractivity contribution is 7.82. The van der Waals surface area contributed by atoms with Crippen molar-refractivity contribution < 1.29 is 21.6 Å². The van der Waals surface area contributed by atoms with E-state index in [2.05, 4.69) is 15.3 Å². The Morgan fingerprint density at radius 3 is 1.86 bits per heavy atom. The van der Waals surface area contributed by atoms with Gasteiger partial charge < -0.3 is 9.92 Å². The molecule has 0 rings (SSSR count). The third-order valence-electron chi connectivity index (χ3n) is 3.09. The molecule has 0 amide bonds. The van der Waals surface area contributed by atoms with E-state index in [9.17, 15) is 13.2 Å². The van der Waals surface area contributed by atoms with Crippen LogP contribution in [-0.2, 0) is 23.6 Å². The molecule has 21 heavy (non-hydrogen) atoms. The van der Waals surface area contributed by atoms with Crippen molar-refractivity contribution in [3.8, 4) is 0 Å². The predicted octanol–water partition coefficient (Wildman–Crippen LogP) is 2.67. The lowest BCUT2D eigenvalue weighted by Crippen LogP contribution is -2.22. The summed E-state index contributed by atoms with van der Waals surface area (Å²) in [6.45, 7) is 1.76. The number of hydrogen-bond donors (Lipinski definition) is 1. The third kappa shape index (κ3) is 14.1. The Morgan fingerprint density at radius 2 is 1.38 bits per heavy atom. The molecule has 2 N–H and O–H groups in total. The zero-order valence-corrected chi connectivity index (χ0v) is 13.8. The van der Waals surface area contributed by atoms with Gasteiger partial charge in [0.1, 0.15) is 0 Å². The molecule has 0 saturated carbocycles. The van der Waals surface area contributed by atoms with E-state index in [1.54, 1.807) is 0 Å². The van der Waals surface area contributed by atoms with Gasteiger partial charge in [-0.25, -0.2) is 8.98 Å². The maximum atomic E-state index is 11.1. The van der Waals surface area contributed by atoms with Crippen LogP contribution < -0.4 is 5.73 Å². The Morgan fingerprint density at radius 1 is 0.905 bits per heavy atom. The van der Waals surface area contributed by atoms with Gasteiger partial charge in [0, 0.05) is 0 Å². The van der Waals surface area contributed by atoms with E-state index in [-0.39, 0.29) is 6.61 Å². The minimum absolute atomic E-state index is 0.0384. The summed E-state index contributed by atoms with van der Waals surface area (Å²) in [7, 11) is -4.23. The maximum absolute atomic E-state index is 11.1. The zero-order valence-electron chi connectivity index (χ0n) is 13.0. The number of nitrogens with two attached hydrogens (primary N) is 1. The zero-order chi connectivity index (χ0) is 16.0. The van der Waals surface area contributed by atoms with E-state index in [0.29, 0.717) is 6.42 Å². The lowest BCUT2D eigenvalue weighted by molar-refractivity contribution is -0.132. The summed E-state index contributed by atoms with van der Waals surface area (Å²) in [5.41, 5.74) is 4.95. The van der Waals surface area contributed by atoms with Gasteiger partial charge in [-0.2, -0.15) is 8.42 Å². The maximum Gasteiger partial charge on any atom is 0.451 e. The first-order chi connectivity index (χ1) is 10.0. The van der Waals surface area contributed by atoms with Gasteiger partial charge in [0.2, 0.25) is 0 Å². The van der Waals surface area contributed by atoms with E-state index in [0.717, 1.165) is 12.8 Å². The van der Waals surface area contributed by atoms with Crippen molar-refractivity contribution in [3.05, 3.63) is 0 Å². The molecule has 0 fully saturated rings. The highest BCUT2D eigenvalue weighted by Crippen LogP contribution is 2.10. The normalized spacial score (nSPS) is 11.5. The topological polar surface area (TPSA) is 95.7 Å². The SMILES string of the molecule is CCCCCCCCCCCCOS(=O)(=O)OC(=O)CN. The fourth-order valence-corrected chi connectivity index (χ4v) is 2.59. The van der Waals surface area contributed by atoms with Crippen LogP contribution in [0.25, 0.3) is 0 Å². The second-order valence-corrected chi connectivity index (χ2v) is 6.29. The number of carbonyl (C=O) groups is 1.